The Kier molecular flexibility index (Phi) is 4.36. The Hall–Kier alpha value is -1.10. The predicted octanol–water partition coefficient (Wildman–Crippen LogP) is 1.08. The number of nitrogens with zero attached hydrogens (tertiary/aromatic N) is 1. The zero-order chi connectivity index (χ0) is 12.1. The zero-order valence-electron chi connectivity index (χ0n) is 10.3. The number of ether oxygens (including phenoxy) is 1. The van der Waals surface area contributed by atoms with Gasteiger partial charge in [0.25, 0.3) is 5.91 Å². The molecule has 0 saturated carbocycles. The van der Waals surface area contributed by atoms with E-state index in [-0.39, 0.29) is 12.0 Å². The molecule has 5 heteroatoms. The molecule has 0 aromatic carbocycles. The van der Waals surface area contributed by atoms with Crippen LogP contribution in [0.2, 0.25) is 0 Å². The van der Waals surface area contributed by atoms with Crippen LogP contribution in [0.3, 0.4) is 0 Å². The van der Waals surface area contributed by atoms with Crippen molar-refractivity contribution in [1.29, 1.82) is 0 Å². The van der Waals surface area contributed by atoms with Gasteiger partial charge in [-0.2, -0.15) is 0 Å². The van der Waals surface area contributed by atoms with Crippen LogP contribution in [0.15, 0.2) is 5.16 Å². The molecule has 2 aliphatic heterocycles. The molecule has 0 aromatic heterocycles. The van der Waals surface area contributed by atoms with Crippen LogP contribution in [-0.4, -0.2) is 37.5 Å². The van der Waals surface area contributed by atoms with Crippen LogP contribution in [0.1, 0.15) is 32.6 Å². The van der Waals surface area contributed by atoms with Crippen LogP contribution < -0.4 is 5.32 Å². The fourth-order valence-corrected chi connectivity index (χ4v) is 2.05. The molecule has 1 N–H and O–H groups in total. The van der Waals surface area contributed by atoms with Crippen molar-refractivity contribution in [2.45, 2.75) is 38.7 Å². The monoisotopic (exact) mass is 240 g/mol. The average molecular weight is 240 g/mol. The summed E-state index contributed by atoms with van der Waals surface area (Å²) in [5.41, 5.74) is 0.522. The van der Waals surface area contributed by atoms with Gasteiger partial charge in [-0.05, 0) is 19.3 Å². The summed E-state index contributed by atoms with van der Waals surface area (Å²) in [5.74, 6) is 0.360. The molecule has 2 aliphatic rings. The fourth-order valence-electron chi connectivity index (χ4n) is 2.05. The van der Waals surface area contributed by atoms with Gasteiger partial charge in [-0.1, -0.05) is 12.1 Å². The fraction of sp³-hybridized carbons (Fsp3) is 0.833. The molecule has 2 heterocycles. The number of nitrogens with one attached hydrogen (secondary N) is 1. The van der Waals surface area contributed by atoms with Crippen molar-refractivity contribution in [2.24, 2.45) is 11.1 Å². The van der Waals surface area contributed by atoms with Crippen molar-refractivity contribution in [1.82, 2.24) is 5.32 Å². The lowest BCUT2D eigenvalue weighted by molar-refractivity contribution is -0.115. The lowest BCUT2D eigenvalue weighted by atomic mass is 10.1. The Morgan fingerprint density at radius 1 is 1.53 bits per heavy atom. The van der Waals surface area contributed by atoms with E-state index in [1.54, 1.807) is 0 Å². The van der Waals surface area contributed by atoms with Gasteiger partial charge in [-0.25, -0.2) is 0 Å². The van der Waals surface area contributed by atoms with Crippen molar-refractivity contribution in [3.05, 3.63) is 0 Å². The predicted molar refractivity (Wildman–Crippen MR) is 63.8 cm³/mol. The van der Waals surface area contributed by atoms with Gasteiger partial charge in [0.2, 0.25) is 0 Å². The van der Waals surface area contributed by atoms with Crippen LogP contribution in [0.4, 0.5) is 0 Å². The third-order valence-corrected chi connectivity index (χ3v) is 3.31. The van der Waals surface area contributed by atoms with Crippen LogP contribution in [-0.2, 0) is 14.4 Å². The molecule has 2 atom stereocenters. The molecule has 0 radical (unpaired) electrons. The highest BCUT2D eigenvalue weighted by Gasteiger charge is 2.22. The van der Waals surface area contributed by atoms with Crippen molar-refractivity contribution >= 4 is 11.6 Å². The average Bonchev–Trinajstić information content (AvgIpc) is 2.89. The van der Waals surface area contributed by atoms with Crippen LogP contribution in [0.5, 0.6) is 0 Å². The quantitative estimate of drug-likeness (QED) is 0.800. The second-order valence-corrected chi connectivity index (χ2v) is 4.65. The number of oxime groups is 1. The van der Waals surface area contributed by atoms with Gasteiger partial charge >= 0.3 is 0 Å². The van der Waals surface area contributed by atoms with Crippen molar-refractivity contribution in [3.63, 3.8) is 0 Å². The molecule has 0 aromatic rings. The Morgan fingerprint density at radius 3 is 3.00 bits per heavy atom. The number of amides is 1. The van der Waals surface area contributed by atoms with Crippen LogP contribution in [0.25, 0.3) is 0 Å². The molecule has 0 bridgehead atoms. The number of hydrogen-bond acceptors (Lipinski definition) is 4. The number of rotatable bonds is 4. The molecule has 1 fully saturated rings. The first kappa shape index (κ1) is 12.4. The lowest BCUT2D eigenvalue weighted by Gasteiger charge is -2.19. The molecule has 2 unspecified atom stereocenters. The van der Waals surface area contributed by atoms with Gasteiger partial charge in [0.15, 0.2) is 0 Å². The molecular formula is C12H20N2O3. The molecule has 2 rings (SSSR count). The summed E-state index contributed by atoms with van der Waals surface area (Å²) in [4.78, 5) is 17.0. The Morgan fingerprint density at radius 2 is 2.41 bits per heavy atom. The molecule has 96 valence electrons. The van der Waals surface area contributed by atoms with E-state index in [2.05, 4.69) is 17.4 Å². The lowest BCUT2D eigenvalue weighted by Crippen LogP contribution is -2.37. The standard InChI is InChI=1S/C12H20N2O3/c1-2-10-3-4-11(14-17-10)12(15)13-7-9-5-6-16-8-9/h9-10H,2-8H2,1H3,(H,13,15). The summed E-state index contributed by atoms with van der Waals surface area (Å²) >= 11 is 0. The minimum absolute atomic E-state index is 0.0912. The summed E-state index contributed by atoms with van der Waals surface area (Å²) < 4.78 is 5.26. The molecule has 0 aliphatic carbocycles. The zero-order valence-corrected chi connectivity index (χ0v) is 10.3. The highest BCUT2D eigenvalue weighted by molar-refractivity contribution is 6.38. The second-order valence-electron chi connectivity index (χ2n) is 4.65. The first-order chi connectivity index (χ1) is 8.29. The molecular weight excluding hydrogens is 220 g/mol. The van der Waals surface area contributed by atoms with Crippen LogP contribution >= 0.6 is 0 Å². The molecule has 1 amide bonds. The second kappa shape index (κ2) is 6.00. The largest absolute Gasteiger partial charge is 0.392 e. The van der Waals surface area contributed by atoms with E-state index in [0.29, 0.717) is 24.6 Å². The summed E-state index contributed by atoms with van der Waals surface area (Å²) in [6.45, 7) is 4.30. The number of hydrogen-bond donors (Lipinski definition) is 1. The first-order valence-electron chi connectivity index (χ1n) is 6.38. The van der Waals surface area contributed by atoms with Crippen molar-refractivity contribution in [3.8, 4) is 0 Å². The summed E-state index contributed by atoms with van der Waals surface area (Å²) in [7, 11) is 0. The summed E-state index contributed by atoms with van der Waals surface area (Å²) in [6.07, 6.45) is 3.74. The topological polar surface area (TPSA) is 59.9 Å². The van der Waals surface area contributed by atoms with Gasteiger partial charge in [0, 0.05) is 25.5 Å². The van der Waals surface area contributed by atoms with E-state index in [4.69, 9.17) is 9.57 Å². The van der Waals surface area contributed by atoms with E-state index in [1.807, 2.05) is 0 Å². The van der Waals surface area contributed by atoms with Gasteiger partial charge in [-0.15, -0.1) is 0 Å². The van der Waals surface area contributed by atoms with Crippen molar-refractivity contribution < 1.29 is 14.4 Å². The Bertz CT molecular complexity index is 298. The number of carbonyl (C=O) groups is 1. The van der Waals surface area contributed by atoms with E-state index in [9.17, 15) is 4.79 Å². The third-order valence-electron chi connectivity index (χ3n) is 3.31. The normalized spacial score (nSPS) is 28.4. The van der Waals surface area contributed by atoms with Crippen LogP contribution in [0, 0.1) is 5.92 Å². The highest BCUT2D eigenvalue weighted by atomic mass is 16.6. The van der Waals surface area contributed by atoms with E-state index < -0.39 is 0 Å². The maximum Gasteiger partial charge on any atom is 0.269 e. The van der Waals surface area contributed by atoms with Gasteiger partial charge in [0.1, 0.15) is 11.8 Å². The van der Waals surface area contributed by atoms with Gasteiger partial charge in [-0.3, -0.25) is 4.79 Å². The maximum absolute atomic E-state index is 11.8. The first-order valence-corrected chi connectivity index (χ1v) is 6.38. The molecule has 0 spiro atoms. The summed E-state index contributed by atoms with van der Waals surface area (Å²) in [5, 5.41) is 6.80. The number of carbonyl (C=O) groups excluding carboxylic acids is 1. The van der Waals surface area contributed by atoms with E-state index >= 15 is 0 Å². The molecule has 1 saturated heterocycles. The van der Waals surface area contributed by atoms with Gasteiger partial charge < -0.3 is 14.9 Å². The highest BCUT2D eigenvalue weighted by Crippen LogP contribution is 2.14. The third kappa shape index (κ3) is 3.43. The van der Waals surface area contributed by atoms with Crippen molar-refractivity contribution in [2.75, 3.05) is 19.8 Å². The Balaban J connectivity index is 1.74. The van der Waals surface area contributed by atoms with E-state index in [1.165, 1.54) is 0 Å². The SMILES string of the molecule is CCC1CCC(C(=O)NCC2CCOC2)=NO1. The maximum atomic E-state index is 11.8. The molecule has 5 nitrogen and oxygen atoms in total. The minimum atomic E-state index is -0.0912. The Labute approximate surface area is 102 Å². The van der Waals surface area contributed by atoms with Gasteiger partial charge in [0.05, 0.1) is 6.61 Å². The molecule has 17 heavy (non-hydrogen) atoms. The minimum Gasteiger partial charge on any atom is -0.392 e. The van der Waals surface area contributed by atoms with E-state index in [0.717, 1.165) is 32.5 Å². The summed E-state index contributed by atoms with van der Waals surface area (Å²) in [6, 6.07) is 0. The smallest absolute Gasteiger partial charge is 0.269 e.